The summed E-state index contributed by atoms with van der Waals surface area (Å²) in [6.45, 7) is 3.13. The van der Waals surface area contributed by atoms with Crippen LogP contribution in [0.25, 0.3) is 0 Å². The van der Waals surface area contributed by atoms with Crippen LogP contribution in [-0.2, 0) is 21.1 Å². The van der Waals surface area contributed by atoms with Crippen molar-refractivity contribution in [1.82, 2.24) is 0 Å². The molecule has 1 aliphatic rings. The first-order valence-electron chi connectivity index (χ1n) is 8.52. The van der Waals surface area contributed by atoms with Crippen LogP contribution in [0.5, 0.6) is 0 Å². The van der Waals surface area contributed by atoms with E-state index in [1.54, 1.807) is 24.3 Å². The molecule has 3 atom stereocenters. The highest BCUT2D eigenvalue weighted by Crippen LogP contribution is 2.64. The minimum Gasteiger partial charge on any atom is -0.481 e. The minimum atomic E-state index is -3.90. The molecule has 0 amide bonds. The van der Waals surface area contributed by atoms with Crippen molar-refractivity contribution in [3.8, 4) is 0 Å². The van der Waals surface area contributed by atoms with Gasteiger partial charge in [-0.3, -0.25) is 4.79 Å². The zero-order valence-electron chi connectivity index (χ0n) is 14.7. The highest BCUT2D eigenvalue weighted by Gasteiger charge is 2.75. The van der Waals surface area contributed by atoms with Crippen LogP contribution < -0.4 is 0 Å². The van der Waals surface area contributed by atoms with Gasteiger partial charge >= 0.3 is 5.97 Å². The number of aryl methyl sites for hydroxylation is 2. The number of benzene rings is 2. The molecule has 1 fully saturated rings. The monoisotopic (exact) mass is 374 g/mol. The number of carbonyl (C=O) groups is 1. The number of aliphatic hydroxyl groups excluding tert-OH is 1. The van der Waals surface area contributed by atoms with Crippen molar-refractivity contribution < 1.29 is 23.4 Å². The molecule has 5 nitrogen and oxygen atoms in total. The van der Waals surface area contributed by atoms with Crippen LogP contribution in [0.4, 0.5) is 0 Å². The molecule has 0 unspecified atom stereocenters. The fraction of sp³-hybridized carbons (Fsp3) is 0.350. The third-order valence-electron chi connectivity index (χ3n) is 5.35. The Kier molecular flexibility index (Phi) is 4.67. The van der Waals surface area contributed by atoms with Gasteiger partial charge in [0, 0.05) is 5.92 Å². The smallest absolute Gasteiger partial charge is 0.314 e. The fourth-order valence-electron chi connectivity index (χ4n) is 3.68. The third kappa shape index (κ3) is 2.73. The zero-order valence-corrected chi connectivity index (χ0v) is 15.5. The van der Waals surface area contributed by atoms with E-state index in [1.165, 1.54) is 12.1 Å². The first kappa shape index (κ1) is 18.6. The van der Waals surface area contributed by atoms with Gasteiger partial charge in [-0.25, -0.2) is 8.42 Å². The van der Waals surface area contributed by atoms with Gasteiger partial charge in [0.2, 0.25) is 0 Å². The van der Waals surface area contributed by atoms with Gasteiger partial charge < -0.3 is 10.2 Å². The number of hydrogen-bond acceptors (Lipinski definition) is 4. The van der Waals surface area contributed by atoms with Gasteiger partial charge in [0.05, 0.1) is 16.8 Å². The number of hydrogen-bond donors (Lipinski definition) is 2. The second kappa shape index (κ2) is 6.52. The lowest BCUT2D eigenvalue weighted by atomic mass is 9.99. The summed E-state index contributed by atoms with van der Waals surface area (Å²) in [5.74, 6) is -2.06. The summed E-state index contributed by atoms with van der Waals surface area (Å²) >= 11 is 0. The third-order valence-corrected chi connectivity index (χ3v) is 7.64. The van der Waals surface area contributed by atoms with Crippen molar-refractivity contribution in [2.75, 3.05) is 6.61 Å². The molecule has 6 heteroatoms. The molecule has 0 aromatic heterocycles. The molecular formula is C20H22O5S. The first-order valence-corrected chi connectivity index (χ1v) is 10.1. The summed E-state index contributed by atoms with van der Waals surface area (Å²) in [6.07, 6.45) is 0.833. The van der Waals surface area contributed by atoms with Gasteiger partial charge in [-0.1, -0.05) is 48.9 Å². The highest BCUT2D eigenvalue weighted by molar-refractivity contribution is 7.92. The topological polar surface area (TPSA) is 91.7 Å². The molecule has 0 saturated heterocycles. The predicted molar refractivity (Wildman–Crippen MR) is 97.9 cm³/mol. The lowest BCUT2D eigenvalue weighted by Gasteiger charge is -2.10. The van der Waals surface area contributed by atoms with E-state index in [0.29, 0.717) is 5.56 Å². The molecular weight excluding hydrogens is 352 g/mol. The van der Waals surface area contributed by atoms with Crippen molar-refractivity contribution in [3.63, 3.8) is 0 Å². The van der Waals surface area contributed by atoms with Crippen LogP contribution in [0.15, 0.2) is 53.4 Å². The molecule has 0 aliphatic heterocycles. The number of carboxylic acid groups (broad SMARTS) is 1. The molecule has 1 aliphatic carbocycles. The van der Waals surface area contributed by atoms with Crippen LogP contribution in [0.3, 0.4) is 0 Å². The predicted octanol–water partition coefficient (Wildman–Crippen LogP) is 2.56. The van der Waals surface area contributed by atoms with Gasteiger partial charge in [-0.15, -0.1) is 0 Å². The van der Waals surface area contributed by atoms with Gasteiger partial charge in [0.1, 0.15) is 5.41 Å². The van der Waals surface area contributed by atoms with Gasteiger partial charge in [-0.2, -0.15) is 0 Å². The standard InChI is InChI=1S/C20H22O5S/c1-3-14-6-8-15(9-7-14)17-18(20(17,12-21)19(22)23)26(24,25)16-10-4-13(2)5-11-16/h4-11,17-18,21H,3,12H2,1-2H3,(H,22,23)/t17-,18-,20-/m1/s1. The summed E-state index contributed by atoms with van der Waals surface area (Å²) in [4.78, 5) is 12.0. The van der Waals surface area contributed by atoms with E-state index in [-0.39, 0.29) is 4.90 Å². The zero-order chi connectivity index (χ0) is 19.1. The molecule has 2 aromatic carbocycles. The maximum Gasteiger partial charge on any atom is 0.314 e. The van der Waals surface area contributed by atoms with E-state index in [1.807, 2.05) is 26.0 Å². The molecule has 3 rings (SSSR count). The highest BCUT2D eigenvalue weighted by atomic mass is 32.2. The molecule has 138 valence electrons. The Morgan fingerprint density at radius 2 is 1.65 bits per heavy atom. The molecule has 26 heavy (non-hydrogen) atoms. The van der Waals surface area contributed by atoms with Crippen molar-refractivity contribution >= 4 is 15.8 Å². The maximum absolute atomic E-state index is 13.1. The van der Waals surface area contributed by atoms with Crippen molar-refractivity contribution in [1.29, 1.82) is 0 Å². The average Bonchev–Trinajstić information content (AvgIpc) is 3.34. The number of aliphatic carboxylic acids is 1. The number of rotatable bonds is 6. The van der Waals surface area contributed by atoms with Crippen LogP contribution in [-0.4, -0.2) is 36.5 Å². The number of carboxylic acids is 1. The van der Waals surface area contributed by atoms with Crippen LogP contribution in [0.1, 0.15) is 29.5 Å². The van der Waals surface area contributed by atoms with Gasteiger partial charge in [0.25, 0.3) is 0 Å². The molecule has 2 N–H and O–H groups in total. The van der Waals surface area contributed by atoms with Crippen LogP contribution in [0, 0.1) is 12.3 Å². The maximum atomic E-state index is 13.1. The number of aliphatic hydroxyl groups is 1. The molecule has 0 spiro atoms. The van der Waals surface area contributed by atoms with E-state index in [2.05, 4.69) is 0 Å². The first-order chi connectivity index (χ1) is 12.3. The lowest BCUT2D eigenvalue weighted by molar-refractivity contribution is -0.145. The SMILES string of the molecule is CCc1ccc([C@@H]2[C@@H](S(=O)(=O)c3ccc(C)cc3)[C@]2(CO)C(=O)O)cc1. The molecule has 0 radical (unpaired) electrons. The van der Waals surface area contributed by atoms with E-state index >= 15 is 0 Å². The van der Waals surface area contributed by atoms with Crippen molar-refractivity contribution in [3.05, 3.63) is 65.2 Å². The Hall–Kier alpha value is -2.18. The van der Waals surface area contributed by atoms with E-state index < -0.39 is 39.0 Å². The Labute approximate surface area is 153 Å². The Balaban J connectivity index is 2.08. The largest absolute Gasteiger partial charge is 0.481 e. The summed E-state index contributed by atoms with van der Waals surface area (Å²) in [6, 6.07) is 13.6. The second-order valence-electron chi connectivity index (χ2n) is 6.86. The summed E-state index contributed by atoms with van der Waals surface area (Å²) in [7, 11) is -3.90. The molecule has 0 bridgehead atoms. The minimum absolute atomic E-state index is 0.0832. The molecule has 0 heterocycles. The Morgan fingerprint density at radius 1 is 1.08 bits per heavy atom. The number of sulfone groups is 1. The van der Waals surface area contributed by atoms with E-state index in [9.17, 15) is 23.4 Å². The quantitative estimate of drug-likeness (QED) is 0.811. The lowest BCUT2D eigenvalue weighted by Crippen LogP contribution is -2.27. The van der Waals surface area contributed by atoms with E-state index in [4.69, 9.17) is 0 Å². The normalized spacial score (nSPS) is 25.0. The summed E-state index contributed by atoms with van der Waals surface area (Å²) in [5.41, 5.74) is 0.909. The molecule has 1 saturated carbocycles. The van der Waals surface area contributed by atoms with Crippen LogP contribution >= 0.6 is 0 Å². The van der Waals surface area contributed by atoms with Gasteiger partial charge in [-0.05, 0) is 36.6 Å². The van der Waals surface area contributed by atoms with Crippen LogP contribution in [0.2, 0.25) is 0 Å². The fourth-order valence-corrected chi connectivity index (χ4v) is 6.04. The second-order valence-corrected chi connectivity index (χ2v) is 8.92. The summed E-state index contributed by atoms with van der Waals surface area (Å²) in [5, 5.41) is 18.4. The Morgan fingerprint density at radius 3 is 2.12 bits per heavy atom. The van der Waals surface area contributed by atoms with Gasteiger partial charge in [0.15, 0.2) is 9.84 Å². The average molecular weight is 374 g/mol. The molecule has 2 aromatic rings. The van der Waals surface area contributed by atoms with E-state index in [0.717, 1.165) is 17.5 Å². The Bertz CT molecular complexity index is 916. The summed E-state index contributed by atoms with van der Waals surface area (Å²) < 4.78 is 26.2. The van der Waals surface area contributed by atoms with Crippen molar-refractivity contribution in [2.24, 2.45) is 5.41 Å². The van der Waals surface area contributed by atoms with Crippen molar-refractivity contribution in [2.45, 2.75) is 36.3 Å².